The van der Waals surface area contributed by atoms with Crippen LogP contribution in [-0.4, -0.2) is 28.1 Å². The maximum Gasteiger partial charge on any atom is 0.315 e. The van der Waals surface area contributed by atoms with E-state index >= 15 is 0 Å². The summed E-state index contributed by atoms with van der Waals surface area (Å²) in [6.45, 7) is 4.22. The molecule has 0 spiro atoms. The van der Waals surface area contributed by atoms with Gasteiger partial charge in [-0.15, -0.1) is 0 Å². The number of carbonyl (C=O) groups excluding carboxylic acids is 1. The van der Waals surface area contributed by atoms with Crippen molar-refractivity contribution < 1.29 is 14.7 Å². The molecule has 5 nitrogen and oxygen atoms in total. The molecule has 0 fully saturated rings. The molecule has 2 rings (SSSR count). The van der Waals surface area contributed by atoms with Gasteiger partial charge in [-0.25, -0.2) is 0 Å². The fourth-order valence-corrected chi connectivity index (χ4v) is 2.85. The van der Waals surface area contributed by atoms with E-state index in [0.717, 1.165) is 4.47 Å². The predicted octanol–water partition coefficient (Wildman–Crippen LogP) is 3.04. The van der Waals surface area contributed by atoms with Gasteiger partial charge in [0.2, 0.25) is 0 Å². The molecule has 0 saturated heterocycles. The number of aromatic nitrogens is 1. The van der Waals surface area contributed by atoms with E-state index in [2.05, 4.69) is 21.2 Å². The molecule has 6 heteroatoms. The van der Waals surface area contributed by atoms with Crippen LogP contribution in [0, 0.1) is 0 Å². The van der Waals surface area contributed by atoms with Crippen molar-refractivity contribution in [3.05, 3.63) is 58.3 Å². The number of hydrogen-bond donors (Lipinski definition) is 2. The van der Waals surface area contributed by atoms with Gasteiger partial charge in [0, 0.05) is 23.8 Å². The smallest absolute Gasteiger partial charge is 0.315 e. The summed E-state index contributed by atoms with van der Waals surface area (Å²) in [4.78, 5) is 24.1. The van der Waals surface area contributed by atoms with Gasteiger partial charge < -0.3 is 15.0 Å². The van der Waals surface area contributed by atoms with E-state index in [-0.39, 0.29) is 12.5 Å². The average Bonchev–Trinajstić information content (AvgIpc) is 2.94. The van der Waals surface area contributed by atoms with Gasteiger partial charge in [0.05, 0.1) is 0 Å². The maximum atomic E-state index is 12.4. The first-order valence-electron chi connectivity index (χ1n) is 7.31. The Bertz CT molecular complexity index is 712. The van der Waals surface area contributed by atoms with Crippen molar-refractivity contribution >= 4 is 27.8 Å². The van der Waals surface area contributed by atoms with Crippen LogP contribution in [-0.2, 0) is 16.8 Å². The van der Waals surface area contributed by atoms with Gasteiger partial charge in [-0.1, -0.05) is 30.3 Å². The van der Waals surface area contributed by atoms with Crippen molar-refractivity contribution in [3.63, 3.8) is 0 Å². The van der Waals surface area contributed by atoms with Gasteiger partial charge in [0.1, 0.15) is 11.1 Å². The Morgan fingerprint density at radius 1 is 1.30 bits per heavy atom. The van der Waals surface area contributed by atoms with E-state index < -0.39 is 11.4 Å². The second kappa shape index (κ2) is 7.00. The average molecular weight is 379 g/mol. The number of halogens is 1. The van der Waals surface area contributed by atoms with Crippen molar-refractivity contribution in [2.75, 3.05) is 6.54 Å². The zero-order chi connectivity index (χ0) is 17.0. The monoisotopic (exact) mass is 378 g/mol. The molecular weight excluding hydrogens is 360 g/mol. The van der Waals surface area contributed by atoms with Gasteiger partial charge in [-0.3, -0.25) is 9.59 Å². The van der Waals surface area contributed by atoms with E-state index in [1.54, 1.807) is 41.8 Å². The van der Waals surface area contributed by atoms with E-state index in [1.165, 1.54) is 0 Å². The Kier molecular flexibility index (Phi) is 5.26. The lowest BCUT2D eigenvalue weighted by Gasteiger charge is -2.25. The molecule has 0 radical (unpaired) electrons. The molecular formula is C17H19BrN2O3. The molecule has 0 bridgehead atoms. The number of amides is 1. The first-order valence-corrected chi connectivity index (χ1v) is 8.10. The third-order valence-electron chi connectivity index (χ3n) is 3.92. The van der Waals surface area contributed by atoms with E-state index in [9.17, 15) is 14.7 Å². The first kappa shape index (κ1) is 17.3. The number of carbonyl (C=O) groups is 2. The summed E-state index contributed by atoms with van der Waals surface area (Å²) in [6.07, 6.45) is 1.82. The van der Waals surface area contributed by atoms with Crippen molar-refractivity contribution in [2.45, 2.75) is 25.8 Å². The fourth-order valence-electron chi connectivity index (χ4n) is 2.38. The molecule has 122 valence electrons. The third-order valence-corrected chi connectivity index (χ3v) is 4.36. The lowest BCUT2D eigenvalue weighted by Crippen LogP contribution is -2.44. The molecule has 2 aromatic rings. The van der Waals surface area contributed by atoms with Crippen LogP contribution < -0.4 is 5.32 Å². The second-order valence-electron chi connectivity index (χ2n) is 5.52. The number of carboxylic acid groups (broad SMARTS) is 1. The molecule has 1 aromatic carbocycles. The zero-order valence-electron chi connectivity index (χ0n) is 13.0. The Hall–Kier alpha value is -2.08. The quantitative estimate of drug-likeness (QED) is 0.811. The fraction of sp³-hybridized carbons (Fsp3) is 0.294. The summed E-state index contributed by atoms with van der Waals surface area (Å²) in [6, 6.07) is 10.6. The number of aliphatic carboxylic acids is 1. The van der Waals surface area contributed by atoms with Crippen molar-refractivity contribution in [1.82, 2.24) is 9.88 Å². The molecule has 23 heavy (non-hydrogen) atoms. The topological polar surface area (TPSA) is 71.3 Å². The minimum Gasteiger partial charge on any atom is -0.481 e. The standard InChI is InChI=1S/C17H19BrN2O3/c1-3-20-10-13(18)9-14(20)15(21)19-11-17(2,16(22)23)12-7-5-4-6-8-12/h4-10H,3,11H2,1-2H3,(H,19,21)(H,22,23). The van der Waals surface area contributed by atoms with Gasteiger partial charge in [-0.05, 0) is 41.4 Å². The molecule has 1 unspecified atom stereocenters. The van der Waals surface area contributed by atoms with Crippen LogP contribution in [0.25, 0.3) is 0 Å². The van der Waals surface area contributed by atoms with Crippen molar-refractivity contribution in [2.24, 2.45) is 0 Å². The highest BCUT2D eigenvalue weighted by Gasteiger charge is 2.35. The maximum absolute atomic E-state index is 12.4. The summed E-state index contributed by atoms with van der Waals surface area (Å²) in [5, 5.41) is 12.4. The number of aryl methyl sites for hydroxylation is 1. The molecule has 1 heterocycles. The van der Waals surface area contributed by atoms with Crippen LogP contribution in [0.4, 0.5) is 0 Å². The largest absolute Gasteiger partial charge is 0.481 e. The summed E-state index contributed by atoms with van der Waals surface area (Å²) in [7, 11) is 0. The van der Waals surface area contributed by atoms with Crippen LogP contribution in [0.3, 0.4) is 0 Å². The minimum atomic E-state index is -1.18. The van der Waals surface area contributed by atoms with Gasteiger partial charge >= 0.3 is 5.97 Å². The Labute approximate surface area is 143 Å². The van der Waals surface area contributed by atoms with Crippen LogP contribution in [0.5, 0.6) is 0 Å². The predicted molar refractivity (Wildman–Crippen MR) is 91.6 cm³/mol. The number of nitrogens with zero attached hydrogens (tertiary/aromatic N) is 1. The van der Waals surface area contributed by atoms with E-state index in [0.29, 0.717) is 17.8 Å². The normalized spacial score (nSPS) is 13.3. The van der Waals surface area contributed by atoms with Gasteiger partial charge in [0.15, 0.2) is 0 Å². The number of nitrogens with one attached hydrogen (secondary N) is 1. The molecule has 2 N–H and O–H groups in total. The number of benzene rings is 1. The molecule has 0 aliphatic rings. The first-order chi connectivity index (χ1) is 10.9. The molecule has 0 aliphatic carbocycles. The molecule has 1 amide bonds. The molecule has 0 saturated carbocycles. The summed E-state index contributed by atoms with van der Waals surface area (Å²) in [5.74, 6) is -1.27. The van der Waals surface area contributed by atoms with Gasteiger partial charge in [0.25, 0.3) is 5.91 Å². The lowest BCUT2D eigenvalue weighted by molar-refractivity contribution is -0.142. The SMILES string of the molecule is CCn1cc(Br)cc1C(=O)NCC(C)(C(=O)O)c1ccccc1. The lowest BCUT2D eigenvalue weighted by atomic mass is 9.82. The van der Waals surface area contributed by atoms with Crippen LogP contribution in [0.15, 0.2) is 47.1 Å². The number of rotatable bonds is 6. The third kappa shape index (κ3) is 3.64. The van der Waals surface area contributed by atoms with E-state index in [1.807, 2.05) is 19.2 Å². The number of carboxylic acids is 1. The Balaban J connectivity index is 2.19. The van der Waals surface area contributed by atoms with Crippen molar-refractivity contribution in [1.29, 1.82) is 0 Å². The second-order valence-corrected chi connectivity index (χ2v) is 6.43. The summed E-state index contributed by atoms with van der Waals surface area (Å²) in [5.41, 5.74) is -0.0299. The van der Waals surface area contributed by atoms with Crippen LogP contribution in [0.1, 0.15) is 29.9 Å². The summed E-state index contributed by atoms with van der Waals surface area (Å²) < 4.78 is 2.62. The van der Waals surface area contributed by atoms with Gasteiger partial charge in [-0.2, -0.15) is 0 Å². The van der Waals surface area contributed by atoms with Crippen LogP contribution in [0.2, 0.25) is 0 Å². The van der Waals surface area contributed by atoms with E-state index in [4.69, 9.17) is 0 Å². The Morgan fingerprint density at radius 2 is 1.96 bits per heavy atom. The molecule has 1 atom stereocenters. The minimum absolute atomic E-state index is 0.0116. The highest BCUT2D eigenvalue weighted by Crippen LogP contribution is 2.23. The zero-order valence-corrected chi connectivity index (χ0v) is 14.6. The van der Waals surface area contributed by atoms with Crippen molar-refractivity contribution in [3.8, 4) is 0 Å². The highest BCUT2D eigenvalue weighted by molar-refractivity contribution is 9.10. The Morgan fingerprint density at radius 3 is 2.52 bits per heavy atom. The highest BCUT2D eigenvalue weighted by atomic mass is 79.9. The summed E-state index contributed by atoms with van der Waals surface area (Å²) >= 11 is 3.35. The number of hydrogen-bond acceptors (Lipinski definition) is 2. The molecule has 1 aromatic heterocycles. The van der Waals surface area contributed by atoms with Crippen LogP contribution >= 0.6 is 15.9 Å². The molecule has 0 aliphatic heterocycles.